The quantitative estimate of drug-likeness (QED) is 0.664. The van der Waals surface area contributed by atoms with Gasteiger partial charge in [-0.25, -0.2) is 4.39 Å². The average Bonchev–Trinajstić information content (AvgIpc) is 2.26. The molecule has 0 saturated heterocycles. The van der Waals surface area contributed by atoms with E-state index in [1.807, 2.05) is 0 Å². The van der Waals surface area contributed by atoms with Gasteiger partial charge in [0.05, 0.1) is 18.7 Å². The number of carbonyl (C=O) groups excluding carboxylic acids is 1. The lowest BCUT2D eigenvalue weighted by Gasteiger charge is -2.33. The molecule has 0 aromatic carbocycles. The van der Waals surface area contributed by atoms with Gasteiger partial charge in [0.2, 0.25) is 6.41 Å². The summed E-state index contributed by atoms with van der Waals surface area (Å²) in [5.74, 6) is -0.600. The molecule has 1 rings (SSSR count). The van der Waals surface area contributed by atoms with Crippen molar-refractivity contribution in [2.75, 3.05) is 6.61 Å². The van der Waals surface area contributed by atoms with Crippen molar-refractivity contribution in [1.29, 1.82) is 5.26 Å². The average molecular weight is 214 g/mol. The zero-order valence-electron chi connectivity index (χ0n) is 8.40. The van der Waals surface area contributed by atoms with Crippen LogP contribution in [-0.4, -0.2) is 30.3 Å². The van der Waals surface area contributed by atoms with Crippen LogP contribution < -0.4 is 5.32 Å². The predicted molar refractivity (Wildman–Crippen MR) is 51.4 cm³/mol. The van der Waals surface area contributed by atoms with Crippen LogP contribution in [0.1, 0.15) is 19.3 Å². The van der Waals surface area contributed by atoms with E-state index < -0.39 is 12.2 Å². The summed E-state index contributed by atoms with van der Waals surface area (Å²) in [6, 6.07) is 1.52. The molecule has 0 heterocycles. The monoisotopic (exact) mass is 214 g/mol. The molecule has 1 saturated carbocycles. The normalized spacial score (nSPS) is 32.7. The highest BCUT2D eigenvalue weighted by molar-refractivity contribution is 5.46. The van der Waals surface area contributed by atoms with E-state index in [1.165, 1.54) is 0 Å². The number of hydrogen-bond donors (Lipinski definition) is 2. The van der Waals surface area contributed by atoms with E-state index in [-0.39, 0.29) is 24.9 Å². The molecule has 4 nitrogen and oxygen atoms in total. The smallest absolute Gasteiger partial charge is 0.207 e. The first-order chi connectivity index (χ1) is 7.22. The SMILES string of the molecule is N#CC1CCC(C(CO)NC=O)C(F)C1. The highest BCUT2D eigenvalue weighted by Gasteiger charge is 2.35. The zero-order valence-corrected chi connectivity index (χ0v) is 8.40. The van der Waals surface area contributed by atoms with Crippen LogP contribution in [0.4, 0.5) is 4.39 Å². The number of halogens is 1. The Kier molecular flexibility index (Phi) is 4.50. The second-order valence-electron chi connectivity index (χ2n) is 3.89. The number of amides is 1. The lowest BCUT2D eigenvalue weighted by atomic mass is 9.78. The highest BCUT2D eigenvalue weighted by atomic mass is 19.1. The summed E-state index contributed by atoms with van der Waals surface area (Å²) in [4.78, 5) is 10.2. The van der Waals surface area contributed by atoms with Gasteiger partial charge in [-0.3, -0.25) is 4.79 Å². The van der Waals surface area contributed by atoms with Gasteiger partial charge in [0.15, 0.2) is 0 Å². The van der Waals surface area contributed by atoms with Crippen LogP contribution in [0.5, 0.6) is 0 Å². The summed E-state index contributed by atoms with van der Waals surface area (Å²) in [7, 11) is 0. The Balaban J connectivity index is 2.56. The van der Waals surface area contributed by atoms with Crippen molar-refractivity contribution in [3.63, 3.8) is 0 Å². The maximum atomic E-state index is 13.6. The molecular formula is C10H15FN2O2. The number of alkyl halides is 1. The van der Waals surface area contributed by atoms with Crippen molar-refractivity contribution in [3.8, 4) is 6.07 Å². The molecule has 0 radical (unpaired) electrons. The first-order valence-electron chi connectivity index (χ1n) is 5.07. The van der Waals surface area contributed by atoms with E-state index in [4.69, 9.17) is 10.4 Å². The molecule has 0 aromatic heterocycles. The Hall–Kier alpha value is -1.15. The molecule has 1 fully saturated rings. The number of nitriles is 1. The molecule has 0 spiro atoms. The van der Waals surface area contributed by atoms with Crippen molar-refractivity contribution in [1.82, 2.24) is 5.32 Å². The number of rotatable bonds is 4. The maximum Gasteiger partial charge on any atom is 0.207 e. The third-order valence-electron chi connectivity index (χ3n) is 3.00. The summed E-state index contributed by atoms with van der Waals surface area (Å²) in [5.41, 5.74) is 0. The molecule has 1 aliphatic rings. The van der Waals surface area contributed by atoms with Gasteiger partial charge in [-0.1, -0.05) is 0 Å². The van der Waals surface area contributed by atoms with Crippen LogP contribution in [0, 0.1) is 23.2 Å². The number of nitrogens with one attached hydrogen (secondary N) is 1. The van der Waals surface area contributed by atoms with E-state index in [9.17, 15) is 9.18 Å². The van der Waals surface area contributed by atoms with E-state index >= 15 is 0 Å². The first kappa shape index (κ1) is 11.9. The number of aliphatic hydroxyl groups is 1. The van der Waals surface area contributed by atoms with Crippen LogP contribution in [-0.2, 0) is 4.79 Å². The Morgan fingerprint density at radius 3 is 2.87 bits per heavy atom. The van der Waals surface area contributed by atoms with E-state index in [1.54, 1.807) is 0 Å². The van der Waals surface area contributed by atoms with Gasteiger partial charge in [0, 0.05) is 11.8 Å². The minimum absolute atomic E-state index is 0.207. The lowest BCUT2D eigenvalue weighted by molar-refractivity contribution is -0.111. The lowest BCUT2D eigenvalue weighted by Crippen LogP contribution is -2.45. The topological polar surface area (TPSA) is 73.1 Å². The Labute approximate surface area is 88.1 Å². The van der Waals surface area contributed by atoms with Gasteiger partial charge in [-0.05, 0) is 19.3 Å². The molecule has 15 heavy (non-hydrogen) atoms. The van der Waals surface area contributed by atoms with Crippen molar-refractivity contribution in [3.05, 3.63) is 0 Å². The molecule has 4 unspecified atom stereocenters. The Bertz CT molecular complexity index is 254. The molecule has 84 valence electrons. The number of hydrogen-bond acceptors (Lipinski definition) is 3. The predicted octanol–water partition coefficient (Wildman–Crippen LogP) is 0.371. The van der Waals surface area contributed by atoms with Crippen molar-refractivity contribution in [2.24, 2.45) is 11.8 Å². The van der Waals surface area contributed by atoms with Gasteiger partial charge in [-0.2, -0.15) is 5.26 Å². The van der Waals surface area contributed by atoms with Gasteiger partial charge >= 0.3 is 0 Å². The second kappa shape index (κ2) is 5.66. The van der Waals surface area contributed by atoms with Gasteiger partial charge in [0.25, 0.3) is 0 Å². The molecule has 0 aromatic rings. The Morgan fingerprint density at radius 1 is 1.67 bits per heavy atom. The third-order valence-corrected chi connectivity index (χ3v) is 3.00. The van der Waals surface area contributed by atoms with Crippen LogP contribution >= 0.6 is 0 Å². The summed E-state index contributed by atoms with van der Waals surface area (Å²) in [5, 5.41) is 20.1. The minimum Gasteiger partial charge on any atom is -0.394 e. The highest BCUT2D eigenvalue weighted by Crippen LogP contribution is 2.32. The molecule has 5 heteroatoms. The molecular weight excluding hydrogens is 199 g/mol. The number of aliphatic hydroxyl groups excluding tert-OH is 1. The summed E-state index contributed by atoms with van der Waals surface area (Å²) < 4.78 is 13.6. The van der Waals surface area contributed by atoms with Crippen molar-refractivity contribution >= 4 is 6.41 Å². The fourth-order valence-corrected chi connectivity index (χ4v) is 2.11. The summed E-state index contributed by atoms with van der Waals surface area (Å²) in [6.45, 7) is -0.263. The van der Waals surface area contributed by atoms with Crippen LogP contribution in [0.15, 0.2) is 0 Å². The van der Waals surface area contributed by atoms with Gasteiger partial charge < -0.3 is 10.4 Å². The minimum atomic E-state index is -1.12. The first-order valence-corrected chi connectivity index (χ1v) is 5.07. The van der Waals surface area contributed by atoms with Crippen molar-refractivity contribution < 1.29 is 14.3 Å². The molecule has 4 atom stereocenters. The third kappa shape index (κ3) is 2.90. The molecule has 1 amide bonds. The fraction of sp³-hybridized carbons (Fsp3) is 0.800. The number of nitrogens with zero attached hydrogens (tertiary/aromatic N) is 1. The molecule has 2 N–H and O–H groups in total. The number of carbonyl (C=O) groups is 1. The Morgan fingerprint density at radius 2 is 2.40 bits per heavy atom. The van der Waals surface area contributed by atoms with Gasteiger partial charge in [-0.15, -0.1) is 0 Å². The van der Waals surface area contributed by atoms with E-state index in [0.717, 1.165) is 0 Å². The van der Waals surface area contributed by atoms with E-state index in [2.05, 4.69) is 11.4 Å². The summed E-state index contributed by atoms with van der Waals surface area (Å²) in [6.07, 6.45) is 0.736. The van der Waals surface area contributed by atoms with Gasteiger partial charge in [0.1, 0.15) is 6.17 Å². The second-order valence-corrected chi connectivity index (χ2v) is 3.89. The largest absolute Gasteiger partial charge is 0.394 e. The zero-order chi connectivity index (χ0) is 11.3. The standard InChI is InChI=1S/C10H15FN2O2/c11-9-3-7(4-12)1-2-8(9)10(5-14)13-6-15/h6-10,14H,1-3,5H2,(H,13,15). The molecule has 0 aliphatic heterocycles. The van der Waals surface area contributed by atoms with Crippen LogP contribution in [0.3, 0.4) is 0 Å². The van der Waals surface area contributed by atoms with Crippen molar-refractivity contribution in [2.45, 2.75) is 31.5 Å². The summed E-state index contributed by atoms with van der Waals surface area (Å²) >= 11 is 0. The maximum absolute atomic E-state index is 13.6. The molecule has 0 bridgehead atoms. The van der Waals surface area contributed by atoms with E-state index in [0.29, 0.717) is 19.3 Å². The fourth-order valence-electron chi connectivity index (χ4n) is 2.11. The van der Waals surface area contributed by atoms with Crippen LogP contribution in [0.2, 0.25) is 0 Å². The van der Waals surface area contributed by atoms with Crippen LogP contribution in [0.25, 0.3) is 0 Å². The molecule has 1 aliphatic carbocycles.